The highest BCUT2D eigenvalue weighted by molar-refractivity contribution is 7.80. The summed E-state index contributed by atoms with van der Waals surface area (Å²) in [6.45, 7) is 3.32. The third-order valence-corrected chi connectivity index (χ3v) is 6.27. The lowest BCUT2D eigenvalue weighted by Gasteiger charge is -2.34. The summed E-state index contributed by atoms with van der Waals surface area (Å²) in [5.74, 6) is -1.79. The Morgan fingerprint density at radius 3 is 2.06 bits per heavy atom. The van der Waals surface area contributed by atoms with Crippen LogP contribution in [0.1, 0.15) is 23.5 Å². The second-order valence-electron chi connectivity index (χ2n) is 7.13. The number of carbonyl (C=O) groups is 2. The van der Waals surface area contributed by atoms with Gasteiger partial charge >= 0.3 is 5.97 Å². The molecule has 31 heavy (non-hydrogen) atoms. The van der Waals surface area contributed by atoms with Crippen LogP contribution in [0.2, 0.25) is 0 Å². The maximum atomic E-state index is 12.1. The van der Waals surface area contributed by atoms with Crippen LogP contribution in [0.15, 0.2) is 66.0 Å². The van der Waals surface area contributed by atoms with E-state index in [2.05, 4.69) is 5.32 Å². The van der Waals surface area contributed by atoms with E-state index in [-0.39, 0.29) is 11.6 Å². The van der Waals surface area contributed by atoms with Gasteiger partial charge < -0.3 is 15.0 Å². The first kappa shape index (κ1) is 22.7. The van der Waals surface area contributed by atoms with Gasteiger partial charge in [0.25, 0.3) is 5.91 Å². The van der Waals surface area contributed by atoms with Gasteiger partial charge in [-0.15, -0.1) is 11.3 Å². The Kier molecular flexibility index (Phi) is 7.21. The fraction of sp³-hybridized carbons (Fsp3) is 0.182. The van der Waals surface area contributed by atoms with E-state index in [1.807, 2.05) is 23.6 Å². The summed E-state index contributed by atoms with van der Waals surface area (Å²) in [5.41, 5.74) is 2.63. The fourth-order valence-corrected chi connectivity index (χ4v) is 4.57. The average molecular weight is 458 g/mol. The van der Waals surface area contributed by atoms with E-state index in [9.17, 15) is 23.5 Å². The highest BCUT2D eigenvalue weighted by Crippen LogP contribution is 2.28. The number of carbonyl (C=O) groups excluding carboxylic acids is 1. The zero-order valence-corrected chi connectivity index (χ0v) is 18.5. The normalized spacial score (nSPS) is 12.9. The van der Waals surface area contributed by atoms with Crippen molar-refractivity contribution in [1.82, 2.24) is 0 Å². The summed E-state index contributed by atoms with van der Waals surface area (Å²) >= 11 is -1.37. The molecule has 2 N–H and O–H groups in total. The summed E-state index contributed by atoms with van der Waals surface area (Å²) in [4.78, 5) is 24.4. The molecular weight excluding hydrogens is 436 g/mol. The van der Waals surface area contributed by atoms with E-state index >= 15 is 0 Å². The van der Waals surface area contributed by atoms with Crippen molar-refractivity contribution in [1.29, 1.82) is 0 Å². The lowest BCUT2D eigenvalue weighted by atomic mass is 10.0. The smallest absolute Gasteiger partial charge is 0.327 e. The van der Waals surface area contributed by atoms with Crippen LogP contribution in [0.4, 0.5) is 11.4 Å². The van der Waals surface area contributed by atoms with Gasteiger partial charge in [-0.2, -0.15) is 0 Å². The van der Waals surface area contributed by atoms with Crippen LogP contribution in [0, 0.1) is 5.92 Å². The molecule has 3 rings (SSSR count). The molecule has 1 amide bonds. The van der Waals surface area contributed by atoms with E-state index in [1.165, 1.54) is 11.3 Å². The molecule has 2 aromatic carbocycles. The van der Waals surface area contributed by atoms with Gasteiger partial charge in [0.15, 0.2) is 0 Å². The van der Waals surface area contributed by atoms with Gasteiger partial charge in [0.05, 0.1) is 4.88 Å². The quantitative estimate of drug-likeness (QED) is 0.488. The Morgan fingerprint density at radius 1 is 1.03 bits per heavy atom. The van der Waals surface area contributed by atoms with E-state index < -0.39 is 29.2 Å². The standard InChI is InChI=1S/C22H22N2O5S2/c1-14(2)20(22(26)27)24(31(28)29)18-11-7-16(8-12-18)15-5-9-17(10-6-15)23-21(25)19-4-3-13-30-19/h3-14,20H,1-2H3,(H,23,25)(H,26,27)(H,28,29)/p-1. The van der Waals surface area contributed by atoms with Gasteiger partial charge in [0.2, 0.25) is 0 Å². The van der Waals surface area contributed by atoms with E-state index in [0.29, 0.717) is 10.6 Å². The molecular formula is C22H21N2O5S2-. The molecule has 1 aromatic heterocycles. The van der Waals surface area contributed by atoms with Crippen LogP contribution in [-0.4, -0.2) is 31.8 Å². The Hall–Kier alpha value is -3.01. The minimum atomic E-state index is -2.74. The van der Waals surface area contributed by atoms with Crippen molar-refractivity contribution in [2.75, 3.05) is 9.62 Å². The van der Waals surface area contributed by atoms with Gasteiger partial charge in [-0.05, 0) is 52.8 Å². The maximum Gasteiger partial charge on any atom is 0.327 e. The van der Waals surface area contributed by atoms with Crippen LogP contribution in [0.3, 0.4) is 0 Å². The van der Waals surface area contributed by atoms with Crippen LogP contribution >= 0.6 is 11.3 Å². The van der Waals surface area contributed by atoms with Crippen molar-refractivity contribution in [2.45, 2.75) is 19.9 Å². The summed E-state index contributed by atoms with van der Waals surface area (Å²) in [5, 5.41) is 14.1. The van der Waals surface area contributed by atoms with Crippen LogP contribution in [0.5, 0.6) is 0 Å². The van der Waals surface area contributed by atoms with Crippen LogP contribution in [-0.2, 0) is 16.1 Å². The second kappa shape index (κ2) is 9.86. The number of hydrogen-bond acceptors (Lipinski definition) is 5. The first-order valence-electron chi connectivity index (χ1n) is 9.44. The number of benzene rings is 2. The van der Waals surface area contributed by atoms with Crippen molar-refractivity contribution >= 4 is 45.9 Å². The largest absolute Gasteiger partial charge is 0.755 e. The minimum Gasteiger partial charge on any atom is -0.755 e. The Balaban J connectivity index is 1.78. The van der Waals surface area contributed by atoms with Crippen molar-refractivity contribution in [2.24, 2.45) is 5.92 Å². The molecule has 3 aromatic rings. The van der Waals surface area contributed by atoms with Crippen molar-refractivity contribution in [3.63, 3.8) is 0 Å². The molecule has 2 unspecified atom stereocenters. The summed E-state index contributed by atoms with van der Waals surface area (Å²) < 4.78 is 24.4. The lowest BCUT2D eigenvalue weighted by Crippen LogP contribution is -2.45. The molecule has 0 spiro atoms. The van der Waals surface area contributed by atoms with Gasteiger partial charge in [-0.3, -0.25) is 13.3 Å². The van der Waals surface area contributed by atoms with E-state index in [1.54, 1.807) is 56.3 Å². The molecule has 0 bridgehead atoms. The molecule has 162 valence electrons. The Bertz CT molecular complexity index is 1060. The first-order valence-corrected chi connectivity index (χ1v) is 11.4. The van der Waals surface area contributed by atoms with Crippen LogP contribution in [0.25, 0.3) is 11.1 Å². The number of rotatable bonds is 8. The number of carboxylic acids is 1. The van der Waals surface area contributed by atoms with Gasteiger partial charge in [0.1, 0.15) is 6.04 Å². The molecule has 7 nitrogen and oxygen atoms in total. The topological polar surface area (TPSA) is 110 Å². The van der Waals surface area contributed by atoms with Crippen LogP contribution < -0.4 is 9.62 Å². The summed E-state index contributed by atoms with van der Waals surface area (Å²) in [6.07, 6.45) is 0. The molecule has 0 saturated carbocycles. The average Bonchev–Trinajstić information content (AvgIpc) is 3.27. The number of amides is 1. The van der Waals surface area contributed by atoms with Gasteiger partial charge in [-0.1, -0.05) is 44.2 Å². The zero-order chi connectivity index (χ0) is 22.5. The molecule has 0 aliphatic heterocycles. The predicted octanol–water partition coefficient (Wildman–Crippen LogP) is 4.38. The number of aliphatic carboxylic acids is 1. The maximum absolute atomic E-state index is 12.1. The predicted molar refractivity (Wildman–Crippen MR) is 122 cm³/mol. The van der Waals surface area contributed by atoms with Gasteiger partial charge in [-0.25, -0.2) is 4.79 Å². The molecule has 1 heterocycles. The molecule has 0 aliphatic rings. The van der Waals surface area contributed by atoms with Crippen molar-refractivity contribution < 1.29 is 23.5 Å². The first-order chi connectivity index (χ1) is 14.8. The number of anilines is 2. The summed E-state index contributed by atoms with van der Waals surface area (Å²) in [6, 6.07) is 16.2. The Morgan fingerprint density at radius 2 is 1.61 bits per heavy atom. The SMILES string of the molecule is CC(C)C(C(=O)O)N(c1ccc(-c2ccc(NC(=O)c3cccs3)cc2)cc1)S(=O)[O-]. The molecule has 0 saturated heterocycles. The zero-order valence-electron chi connectivity index (χ0n) is 16.8. The van der Waals surface area contributed by atoms with Gasteiger partial charge in [0, 0.05) is 22.6 Å². The van der Waals surface area contributed by atoms with E-state index in [4.69, 9.17) is 0 Å². The second-order valence-corrected chi connectivity index (χ2v) is 8.90. The van der Waals surface area contributed by atoms with Crippen molar-refractivity contribution in [3.05, 3.63) is 70.9 Å². The number of hydrogen-bond donors (Lipinski definition) is 2. The number of thiophene rings is 1. The third kappa shape index (κ3) is 5.38. The monoisotopic (exact) mass is 457 g/mol. The molecule has 2 atom stereocenters. The highest BCUT2D eigenvalue weighted by Gasteiger charge is 2.30. The number of nitrogens with zero attached hydrogens (tertiary/aromatic N) is 1. The Labute approximate surface area is 186 Å². The summed E-state index contributed by atoms with van der Waals surface area (Å²) in [7, 11) is 0. The highest BCUT2D eigenvalue weighted by atomic mass is 32.2. The fourth-order valence-electron chi connectivity index (χ4n) is 3.14. The van der Waals surface area contributed by atoms with Crippen molar-refractivity contribution in [3.8, 4) is 11.1 Å². The molecule has 0 aliphatic carbocycles. The molecule has 0 fully saturated rings. The van der Waals surface area contributed by atoms with E-state index in [0.717, 1.165) is 15.4 Å². The molecule has 9 heteroatoms. The minimum absolute atomic E-state index is 0.170. The third-order valence-electron chi connectivity index (χ3n) is 4.64. The number of nitrogens with one attached hydrogen (secondary N) is 1. The lowest BCUT2D eigenvalue weighted by molar-refractivity contribution is -0.139. The number of carboxylic acid groups (broad SMARTS) is 1. The molecule has 0 radical (unpaired) electrons.